The normalized spacial score (nSPS) is 11.2. The highest BCUT2D eigenvalue weighted by Gasteiger charge is 2.06. The Labute approximate surface area is 368 Å². The van der Waals surface area contributed by atoms with Crippen LogP contribution < -0.4 is 5.73 Å². The molecule has 0 aromatic heterocycles. The van der Waals surface area contributed by atoms with Crippen LogP contribution >= 0.6 is 0 Å². The van der Waals surface area contributed by atoms with E-state index in [-0.39, 0.29) is 0 Å². The van der Waals surface area contributed by atoms with E-state index in [0.717, 1.165) is 22.5 Å². The van der Waals surface area contributed by atoms with Crippen LogP contribution in [0.3, 0.4) is 0 Å². The first-order valence-electron chi connectivity index (χ1n) is 21.5. The van der Waals surface area contributed by atoms with E-state index in [1.807, 2.05) is 42.5 Å². The van der Waals surface area contributed by atoms with E-state index in [9.17, 15) is 0 Å². The van der Waals surface area contributed by atoms with Gasteiger partial charge in [-0.1, -0.05) is 237 Å². The highest BCUT2D eigenvalue weighted by atomic mass is 14.7. The van der Waals surface area contributed by atoms with Crippen LogP contribution in [0.5, 0.6) is 0 Å². The third-order valence-electron chi connectivity index (χ3n) is 10.7. The Kier molecular flexibility index (Phi) is 14.9. The van der Waals surface area contributed by atoms with Crippen LogP contribution in [0.4, 0.5) is 5.69 Å². The Bertz CT molecular complexity index is 2800. The molecule has 0 unspecified atom stereocenters. The molecule has 0 aliphatic rings. The third-order valence-corrected chi connectivity index (χ3v) is 10.7. The van der Waals surface area contributed by atoms with Crippen molar-refractivity contribution in [2.24, 2.45) is 10.7 Å². The summed E-state index contributed by atoms with van der Waals surface area (Å²) < 4.78 is 0. The van der Waals surface area contributed by atoms with E-state index in [0.29, 0.717) is 5.70 Å². The fourth-order valence-corrected chi connectivity index (χ4v) is 7.16. The van der Waals surface area contributed by atoms with Crippen LogP contribution in [-0.4, -0.2) is 5.71 Å². The number of aliphatic imine (C=N–C) groups is 1. The first kappa shape index (κ1) is 42.6. The Balaban J connectivity index is 0.000000169. The van der Waals surface area contributed by atoms with E-state index < -0.39 is 0 Å². The second kappa shape index (κ2) is 21.6. The SMILES string of the molecule is CCCc1ccc(-c2ccccc2)cc1.Cc1ccc(-c2ccc(N=C(/C=C(\N)c3ccc4ccccc4c3)c3ccccc3)cc2)cc1.Cc1ccc(-c2ccccc2)cc1. The zero-order valence-corrected chi connectivity index (χ0v) is 36.0. The van der Waals surface area contributed by atoms with Gasteiger partial charge in [-0.05, 0) is 99.8 Å². The second-order valence-electron chi connectivity index (χ2n) is 15.5. The molecule has 0 bridgehead atoms. The monoisotopic (exact) mass is 802 g/mol. The number of fused-ring (bicyclic) bond motifs is 1. The highest BCUT2D eigenvalue weighted by molar-refractivity contribution is 6.13. The van der Waals surface area contributed by atoms with Gasteiger partial charge < -0.3 is 5.73 Å². The molecule has 62 heavy (non-hydrogen) atoms. The van der Waals surface area contributed by atoms with Gasteiger partial charge in [-0.3, -0.25) is 0 Å². The van der Waals surface area contributed by atoms with Gasteiger partial charge in [0.2, 0.25) is 0 Å². The zero-order chi connectivity index (χ0) is 42.9. The summed E-state index contributed by atoms with van der Waals surface area (Å²) in [6, 6.07) is 80.1. The van der Waals surface area contributed by atoms with Crippen molar-refractivity contribution >= 4 is 27.9 Å². The van der Waals surface area contributed by atoms with Gasteiger partial charge in [-0.25, -0.2) is 4.99 Å². The van der Waals surface area contributed by atoms with Gasteiger partial charge in [-0.2, -0.15) is 0 Å². The van der Waals surface area contributed by atoms with E-state index in [1.54, 1.807) is 0 Å². The molecule has 0 radical (unpaired) electrons. The molecule has 0 aliphatic carbocycles. The molecule has 0 saturated carbocycles. The molecule has 304 valence electrons. The lowest BCUT2D eigenvalue weighted by Crippen LogP contribution is -2.03. The maximum atomic E-state index is 6.57. The lowest BCUT2D eigenvalue weighted by Gasteiger charge is -2.08. The van der Waals surface area contributed by atoms with Gasteiger partial charge in [0.05, 0.1) is 11.4 Å². The van der Waals surface area contributed by atoms with Crippen LogP contribution in [-0.2, 0) is 6.42 Å². The van der Waals surface area contributed by atoms with Gasteiger partial charge in [0.25, 0.3) is 0 Å². The van der Waals surface area contributed by atoms with Crippen molar-refractivity contribution in [3.05, 3.63) is 264 Å². The summed E-state index contributed by atoms with van der Waals surface area (Å²) in [6.45, 7) is 6.42. The van der Waals surface area contributed by atoms with Gasteiger partial charge in [0, 0.05) is 11.3 Å². The smallest absolute Gasteiger partial charge is 0.0729 e. The van der Waals surface area contributed by atoms with Crippen molar-refractivity contribution in [1.82, 2.24) is 0 Å². The molecule has 0 aliphatic heterocycles. The van der Waals surface area contributed by atoms with Gasteiger partial charge in [0.15, 0.2) is 0 Å². The van der Waals surface area contributed by atoms with Gasteiger partial charge >= 0.3 is 0 Å². The molecule has 2 nitrogen and oxygen atoms in total. The Morgan fingerprint density at radius 2 is 0.839 bits per heavy atom. The topological polar surface area (TPSA) is 38.4 Å². The van der Waals surface area contributed by atoms with Crippen LogP contribution in [0.15, 0.2) is 242 Å². The van der Waals surface area contributed by atoms with Crippen molar-refractivity contribution in [2.75, 3.05) is 0 Å². The van der Waals surface area contributed by atoms with Gasteiger partial charge in [0.1, 0.15) is 0 Å². The predicted octanol–water partition coefficient (Wildman–Crippen LogP) is 15.9. The van der Waals surface area contributed by atoms with Crippen molar-refractivity contribution in [1.29, 1.82) is 0 Å². The predicted molar refractivity (Wildman–Crippen MR) is 268 cm³/mol. The maximum absolute atomic E-state index is 6.57. The van der Waals surface area contributed by atoms with E-state index in [2.05, 4.69) is 215 Å². The van der Waals surface area contributed by atoms with Crippen molar-refractivity contribution in [3.63, 3.8) is 0 Å². The van der Waals surface area contributed by atoms with Crippen LogP contribution in [0.1, 0.15) is 41.2 Å². The fraction of sp³-hybridized carbons (Fsp3) is 0.0833. The molecule has 2 heteroatoms. The van der Waals surface area contributed by atoms with Crippen LogP contribution in [0, 0.1) is 13.8 Å². The van der Waals surface area contributed by atoms with Crippen LogP contribution in [0.2, 0.25) is 0 Å². The average molecular weight is 803 g/mol. The van der Waals surface area contributed by atoms with Crippen molar-refractivity contribution in [2.45, 2.75) is 33.6 Å². The number of allylic oxidation sites excluding steroid dienone is 1. The molecule has 0 saturated heterocycles. The average Bonchev–Trinajstić information content (AvgIpc) is 3.33. The summed E-state index contributed by atoms with van der Waals surface area (Å²) in [6.07, 6.45) is 4.35. The number of nitrogens with zero attached hydrogens (tertiary/aromatic N) is 1. The molecular formula is C60H54N2. The molecule has 0 atom stereocenters. The number of aryl methyl sites for hydroxylation is 3. The number of nitrogens with two attached hydrogens (primary N) is 1. The van der Waals surface area contributed by atoms with Crippen LogP contribution in [0.25, 0.3) is 49.9 Å². The third kappa shape index (κ3) is 12.0. The number of hydrogen-bond acceptors (Lipinski definition) is 2. The number of rotatable bonds is 9. The minimum atomic E-state index is 0.685. The lowest BCUT2D eigenvalue weighted by molar-refractivity contribution is 0.922. The summed E-state index contributed by atoms with van der Waals surface area (Å²) in [5.74, 6) is 0. The Morgan fingerprint density at radius 1 is 0.419 bits per heavy atom. The molecule has 0 heterocycles. The highest BCUT2D eigenvalue weighted by Crippen LogP contribution is 2.26. The zero-order valence-electron chi connectivity index (χ0n) is 36.0. The largest absolute Gasteiger partial charge is 0.398 e. The molecule has 9 rings (SSSR count). The standard InChI is InChI=1S/C32H26N2.C15H16.C13H12/c1-23-11-13-25(14-12-23)26-17-19-30(20-18-26)34-32(27-8-3-2-4-9-27)22-31(33)29-16-15-24-7-5-6-10-28(24)21-29;1-2-6-13-9-11-15(12-10-13)14-7-4-3-5-8-14;1-11-7-9-13(10-8-11)12-5-3-2-4-6-12/h2-22H,33H2,1H3;3-5,7-12H,2,6H2,1H3;2-10H,1H3/b31-22-,34-32?;;. The van der Waals surface area contributed by atoms with Crippen molar-refractivity contribution < 1.29 is 0 Å². The first-order chi connectivity index (χ1) is 30.4. The summed E-state index contributed by atoms with van der Waals surface area (Å²) in [5, 5.41) is 2.37. The molecule has 2 N–H and O–H groups in total. The molecule has 9 aromatic rings. The lowest BCUT2D eigenvalue weighted by atomic mass is 10.0. The summed E-state index contributed by atoms with van der Waals surface area (Å²) in [4.78, 5) is 4.97. The molecule has 0 fully saturated rings. The van der Waals surface area contributed by atoms with Crippen molar-refractivity contribution in [3.8, 4) is 33.4 Å². The first-order valence-corrected chi connectivity index (χ1v) is 21.5. The van der Waals surface area contributed by atoms with Gasteiger partial charge in [-0.15, -0.1) is 0 Å². The Hall–Kier alpha value is -7.55. The molecule has 0 spiro atoms. The van der Waals surface area contributed by atoms with E-state index >= 15 is 0 Å². The quantitative estimate of drug-likeness (QED) is 0.145. The summed E-state index contributed by atoms with van der Waals surface area (Å²) in [7, 11) is 0. The number of hydrogen-bond donors (Lipinski definition) is 1. The summed E-state index contributed by atoms with van der Waals surface area (Å²) in [5.41, 5.74) is 22.5. The fourth-order valence-electron chi connectivity index (χ4n) is 7.16. The Morgan fingerprint density at radius 3 is 1.34 bits per heavy atom. The molecule has 0 amide bonds. The number of benzene rings is 9. The molecular weight excluding hydrogens is 749 g/mol. The van der Waals surface area contributed by atoms with E-state index in [4.69, 9.17) is 10.7 Å². The maximum Gasteiger partial charge on any atom is 0.0729 e. The van der Waals surface area contributed by atoms with E-state index in [1.165, 1.54) is 73.7 Å². The molecule has 9 aromatic carbocycles. The minimum absolute atomic E-state index is 0.685. The summed E-state index contributed by atoms with van der Waals surface area (Å²) >= 11 is 0. The second-order valence-corrected chi connectivity index (χ2v) is 15.5. The minimum Gasteiger partial charge on any atom is -0.398 e.